The Morgan fingerprint density at radius 2 is 2.04 bits per heavy atom. The van der Waals surface area contributed by atoms with Crippen LogP contribution in [0.3, 0.4) is 0 Å². The van der Waals surface area contributed by atoms with Crippen molar-refractivity contribution in [1.29, 1.82) is 0 Å². The summed E-state index contributed by atoms with van der Waals surface area (Å²) in [6.07, 6.45) is 0. The third kappa shape index (κ3) is 2.43. The van der Waals surface area contributed by atoms with Gasteiger partial charge < -0.3 is 14.1 Å². The molecule has 0 saturated carbocycles. The van der Waals surface area contributed by atoms with Crippen molar-refractivity contribution in [3.05, 3.63) is 66.4 Å². The van der Waals surface area contributed by atoms with Crippen LogP contribution in [0, 0.1) is 12.8 Å². The van der Waals surface area contributed by atoms with Crippen LogP contribution in [0.1, 0.15) is 33.1 Å². The quantitative estimate of drug-likeness (QED) is 0.433. The molecule has 0 amide bonds. The average Bonchev–Trinajstić information content (AvgIpc) is 3.19. The Bertz CT molecular complexity index is 1100. The zero-order chi connectivity index (χ0) is 18.0. The number of esters is 1. The van der Waals surface area contributed by atoms with Crippen molar-refractivity contribution in [3.63, 3.8) is 0 Å². The van der Waals surface area contributed by atoms with Crippen molar-refractivity contribution < 1.29 is 13.9 Å². The highest BCUT2D eigenvalue weighted by Crippen LogP contribution is 2.59. The first kappa shape index (κ1) is 16.4. The summed E-state index contributed by atoms with van der Waals surface area (Å²) in [7, 11) is 0. The number of H-pyrrole nitrogens is 1. The van der Waals surface area contributed by atoms with E-state index in [-0.39, 0.29) is 22.0 Å². The Morgan fingerprint density at radius 3 is 2.81 bits per heavy atom. The number of aromatic nitrogens is 1. The van der Waals surface area contributed by atoms with E-state index in [1.54, 1.807) is 6.07 Å². The first-order valence-electron chi connectivity index (χ1n) is 7.98. The van der Waals surface area contributed by atoms with E-state index in [4.69, 9.17) is 9.15 Å². The smallest absolute Gasteiger partial charge is 0.316 e. The van der Waals surface area contributed by atoms with Crippen LogP contribution in [0.25, 0.3) is 0 Å². The number of fused-ring (bicyclic) bond motifs is 5. The van der Waals surface area contributed by atoms with Crippen LogP contribution in [-0.2, 0) is 4.79 Å². The molecule has 0 fully saturated rings. The molecule has 0 aliphatic carbocycles. The number of carbonyl (C=O) groups is 1. The first-order chi connectivity index (χ1) is 12.5. The number of aromatic amines is 1. The molecule has 1 aromatic carbocycles. The highest BCUT2D eigenvalue weighted by atomic mass is 79.9. The molecule has 3 aromatic rings. The number of hydrogen-bond acceptors (Lipinski definition) is 6. The number of nitrogens with one attached hydrogen (secondary N) is 1. The third-order valence-corrected chi connectivity index (χ3v) is 7.61. The Balaban J connectivity index is 1.75. The summed E-state index contributed by atoms with van der Waals surface area (Å²) < 4.78 is 12.4. The number of ether oxygens (including phenoxy) is 1. The predicted molar refractivity (Wildman–Crippen MR) is 102 cm³/mol. The summed E-state index contributed by atoms with van der Waals surface area (Å²) >= 11 is 6.13. The molecule has 0 radical (unpaired) electrons. The number of halogens is 1. The van der Waals surface area contributed by atoms with E-state index < -0.39 is 5.92 Å². The fourth-order valence-corrected chi connectivity index (χ4v) is 6.54. The van der Waals surface area contributed by atoms with E-state index >= 15 is 0 Å². The Kier molecular flexibility index (Phi) is 3.70. The predicted octanol–water partition coefficient (Wildman–Crippen LogP) is 4.61. The van der Waals surface area contributed by atoms with Gasteiger partial charge in [0.25, 0.3) is 0 Å². The molecule has 0 spiro atoms. The van der Waals surface area contributed by atoms with Gasteiger partial charge in [0.05, 0.1) is 16.2 Å². The van der Waals surface area contributed by atoms with Crippen LogP contribution in [0.15, 0.2) is 49.0 Å². The highest BCUT2D eigenvalue weighted by molar-refractivity contribution is 9.10. The fourth-order valence-electron chi connectivity index (χ4n) is 3.62. The van der Waals surface area contributed by atoms with Gasteiger partial charge in [-0.05, 0) is 37.3 Å². The molecule has 5 nitrogen and oxygen atoms in total. The van der Waals surface area contributed by atoms with Crippen molar-refractivity contribution in [1.82, 2.24) is 4.98 Å². The molecule has 26 heavy (non-hydrogen) atoms. The number of thiazole rings is 1. The topological polar surface area (TPSA) is 72.3 Å². The van der Waals surface area contributed by atoms with Gasteiger partial charge >= 0.3 is 10.8 Å². The molecular weight excluding hydrogens is 438 g/mol. The summed E-state index contributed by atoms with van der Waals surface area (Å²) in [5.74, 6) is 1.07. The fraction of sp³-hybridized carbons (Fsp3) is 0.222. The van der Waals surface area contributed by atoms with E-state index in [0.717, 1.165) is 42.8 Å². The maximum Gasteiger partial charge on any atom is 0.316 e. The molecule has 2 aliphatic rings. The van der Waals surface area contributed by atoms with Gasteiger partial charge in [-0.3, -0.25) is 9.59 Å². The lowest BCUT2D eigenvalue weighted by Crippen LogP contribution is -2.37. The minimum atomic E-state index is -0.453. The van der Waals surface area contributed by atoms with Gasteiger partial charge in [0.15, 0.2) is 0 Å². The zero-order valence-corrected chi connectivity index (χ0v) is 16.7. The molecule has 0 bridgehead atoms. The summed E-state index contributed by atoms with van der Waals surface area (Å²) in [5.41, 5.74) is 0.911. The summed E-state index contributed by atoms with van der Waals surface area (Å²) in [5, 5.41) is 0.548. The largest absolute Gasteiger partial charge is 0.465 e. The summed E-state index contributed by atoms with van der Waals surface area (Å²) in [4.78, 5) is 28.6. The zero-order valence-electron chi connectivity index (χ0n) is 13.4. The van der Waals surface area contributed by atoms with Gasteiger partial charge in [0.1, 0.15) is 17.3 Å². The van der Waals surface area contributed by atoms with Gasteiger partial charge in [-0.2, -0.15) is 0 Å². The van der Waals surface area contributed by atoms with Crippen molar-refractivity contribution in [2.24, 2.45) is 5.92 Å². The molecule has 2 aromatic heterocycles. The molecule has 0 unspecified atom stereocenters. The maximum atomic E-state index is 12.9. The molecule has 2 aliphatic heterocycles. The lowest BCUT2D eigenvalue weighted by molar-refractivity contribution is -0.141. The lowest BCUT2D eigenvalue weighted by atomic mass is 9.79. The van der Waals surface area contributed by atoms with Gasteiger partial charge in [0, 0.05) is 20.8 Å². The van der Waals surface area contributed by atoms with Crippen LogP contribution in [-0.4, -0.2) is 11.0 Å². The lowest BCUT2D eigenvalue weighted by Gasteiger charge is -2.38. The highest BCUT2D eigenvalue weighted by Gasteiger charge is 2.50. The van der Waals surface area contributed by atoms with E-state index in [0.29, 0.717) is 5.75 Å². The maximum absolute atomic E-state index is 12.9. The van der Waals surface area contributed by atoms with Gasteiger partial charge in [-0.1, -0.05) is 39.0 Å². The monoisotopic (exact) mass is 449 g/mol. The normalized spacial score (nSPS) is 23.8. The van der Waals surface area contributed by atoms with E-state index in [9.17, 15) is 9.59 Å². The summed E-state index contributed by atoms with van der Waals surface area (Å²) in [6.45, 7) is 1.87. The number of rotatable bonds is 1. The Hall–Kier alpha value is -1.77. The molecule has 8 heteroatoms. The van der Waals surface area contributed by atoms with Crippen molar-refractivity contribution in [2.75, 3.05) is 0 Å². The second-order valence-electron chi connectivity index (χ2n) is 6.30. The van der Waals surface area contributed by atoms with Crippen molar-refractivity contribution >= 4 is 45.0 Å². The van der Waals surface area contributed by atoms with Gasteiger partial charge in [0.2, 0.25) is 0 Å². The number of aryl methyl sites for hydroxylation is 1. The molecular formula is C18H12BrNO4S2. The number of furan rings is 1. The molecule has 132 valence electrons. The average molecular weight is 450 g/mol. The number of benzene rings is 1. The van der Waals surface area contributed by atoms with Crippen LogP contribution in [0.2, 0.25) is 0 Å². The Labute approximate surface area is 164 Å². The van der Waals surface area contributed by atoms with E-state index in [1.165, 1.54) is 11.8 Å². The third-order valence-electron chi connectivity index (χ3n) is 4.69. The van der Waals surface area contributed by atoms with E-state index in [1.807, 2.05) is 31.2 Å². The molecule has 1 N–H and O–H groups in total. The van der Waals surface area contributed by atoms with Crippen LogP contribution in [0.4, 0.5) is 0 Å². The first-order valence-corrected chi connectivity index (χ1v) is 10.5. The second-order valence-corrected chi connectivity index (χ2v) is 9.38. The minimum Gasteiger partial charge on any atom is -0.465 e. The van der Waals surface area contributed by atoms with E-state index in [2.05, 4.69) is 20.9 Å². The number of thioether (sulfide) groups is 1. The second kappa shape index (κ2) is 5.87. The molecule has 0 saturated heterocycles. The number of hydrogen-bond donors (Lipinski definition) is 1. The van der Waals surface area contributed by atoms with Gasteiger partial charge in [-0.15, -0.1) is 0 Å². The van der Waals surface area contributed by atoms with Crippen LogP contribution >= 0.6 is 39.0 Å². The van der Waals surface area contributed by atoms with Crippen molar-refractivity contribution in [3.8, 4) is 5.75 Å². The molecule has 5 rings (SSSR count). The Morgan fingerprint density at radius 1 is 1.19 bits per heavy atom. The summed E-state index contributed by atoms with van der Waals surface area (Å²) in [6, 6.07) is 9.38. The van der Waals surface area contributed by atoms with Crippen LogP contribution < -0.4 is 9.61 Å². The standard InChI is InChI=1S/C18H12BrNO4S2/c1-7-2-4-11(23-7)14-13-12(15-16(25-14)20-18(22)26-15)9-6-8(19)3-5-10(9)24-17(13)21/h2-6,12-14H,1H3,(H,20,22)/t12-,13-,14-/m1/s1. The SMILES string of the molecule is Cc1ccc([C@H]2Sc3[nH]c(=O)sc3[C@@H]3c4cc(Br)ccc4OC(=O)[C@H]32)o1. The van der Waals surface area contributed by atoms with Gasteiger partial charge in [-0.25, -0.2) is 0 Å². The minimum absolute atomic E-state index is 0.118. The molecule has 4 heterocycles. The van der Waals surface area contributed by atoms with Crippen LogP contribution in [0.5, 0.6) is 5.75 Å². The van der Waals surface area contributed by atoms with Crippen molar-refractivity contribution in [2.45, 2.75) is 23.1 Å². The molecule has 3 atom stereocenters. The number of carbonyl (C=O) groups excluding carboxylic acids is 1.